The number of nitrogens with zero attached hydrogens (tertiary/aromatic N) is 4. The fourth-order valence-corrected chi connectivity index (χ4v) is 2.68. The van der Waals surface area contributed by atoms with Crippen molar-refractivity contribution in [1.29, 1.82) is 0 Å². The molecule has 0 bridgehead atoms. The molecule has 1 saturated heterocycles. The van der Waals surface area contributed by atoms with Gasteiger partial charge in [0.15, 0.2) is 0 Å². The molecule has 1 atom stereocenters. The Labute approximate surface area is 128 Å². The lowest BCUT2D eigenvalue weighted by Gasteiger charge is -2.37. The minimum Gasteiger partial charge on any atom is -0.353 e. The molecule has 116 valence electrons. The summed E-state index contributed by atoms with van der Waals surface area (Å²) in [4.78, 5) is 22.7. The molecule has 2 aromatic heterocycles. The molecule has 3 heterocycles. The fraction of sp³-hybridized carbons (Fsp3) is 0.467. The van der Waals surface area contributed by atoms with Crippen LogP contribution in [0.3, 0.4) is 0 Å². The highest BCUT2D eigenvalue weighted by Gasteiger charge is 2.32. The highest BCUT2D eigenvalue weighted by atomic mass is 16.5. The van der Waals surface area contributed by atoms with Gasteiger partial charge in [0.05, 0.1) is 12.5 Å². The minimum atomic E-state index is -0.268. The van der Waals surface area contributed by atoms with E-state index in [-0.39, 0.29) is 18.0 Å². The number of aromatic nitrogens is 3. The predicted octanol–water partition coefficient (Wildman–Crippen LogP) is 0.883. The Kier molecular flexibility index (Phi) is 4.15. The van der Waals surface area contributed by atoms with E-state index in [1.807, 2.05) is 12.1 Å². The van der Waals surface area contributed by atoms with Crippen LogP contribution in [0.25, 0.3) is 11.4 Å². The Morgan fingerprint density at radius 1 is 1.50 bits per heavy atom. The van der Waals surface area contributed by atoms with Gasteiger partial charge in [-0.1, -0.05) is 5.16 Å². The summed E-state index contributed by atoms with van der Waals surface area (Å²) in [6.45, 7) is 5.68. The Bertz CT molecular complexity index is 640. The molecule has 1 amide bonds. The molecule has 1 aliphatic rings. The number of carbonyl (C=O) groups is 1. The topological polar surface area (TPSA) is 84.2 Å². The molecule has 1 aliphatic heterocycles. The van der Waals surface area contributed by atoms with Crippen LogP contribution in [0.5, 0.6) is 0 Å². The third-order valence-corrected chi connectivity index (χ3v) is 3.79. The predicted molar refractivity (Wildman–Crippen MR) is 79.9 cm³/mol. The number of amides is 1. The molecule has 0 saturated carbocycles. The zero-order valence-electron chi connectivity index (χ0n) is 12.7. The van der Waals surface area contributed by atoms with Gasteiger partial charge in [0.2, 0.25) is 17.6 Å². The summed E-state index contributed by atoms with van der Waals surface area (Å²) in [5, 5.41) is 6.87. The van der Waals surface area contributed by atoms with Gasteiger partial charge < -0.3 is 9.84 Å². The van der Waals surface area contributed by atoms with E-state index < -0.39 is 0 Å². The first-order chi connectivity index (χ1) is 10.6. The largest absolute Gasteiger partial charge is 0.353 e. The highest BCUT2D eigenvalue weighted by Crippen LogP contribution is 2.17. The van der Waals surface area contributed by atoms with E-state index in [4.69, 9.17) is 4.52 Å². The molecule has 1 N–H and O–H groups in total. The summed E-state index contributed by atoms with van der Waals surface area (Å²) in [6, 6.07) is 3.71. The molecular formula is C15H19N5O2. The molecule has 7 heteroatoms. The van der Waals surface area contributed by atoms with Crippen molar-refractivity contribution in [2.75, 3.05) is 13.1 Å². The van der Waals surface area contributed by atoms with Gasteiger partial charge in [-0.2, -0.15) is 4.98 Å². The lowest BCUT2D eigenvalue weighted by molar-refractivity contribution is -0.130. The monoisotopic (exact) mass is 301 g/mol. The summed E-state index contributed by atoms with van der Waals surface area (Å²) < 4.78 is 5.30. The van der Waals surface area contributed by atoms with Crippen molar-refractivity contribution in [3.63, 3.8) is 0 Å². The van der Waals surface area contributed by atoms with Gasteiger partial charge in [0.25, 0.3) is 0 Å². The number of hydrogen-bond donors (Lipinski definition) is 1. The van der Waals surface area contributed by atoms with E-state index in [1.165, 1.54) is 0 Å². The number of rotatable bonds is 4. The third kappa shape index (κ3) is 2.99. The summed E-state index contributed by atoms with van der Waals surface area (Å²) >= 11 is 0. The standard InChI is InChI=1S/C15H19N5O2/c1-10(2)20-7-6-17-15(21)12(20)8-13-18-14(19-22-13)11-4-3-5-16-9-11/h3-5,9-10,12H,6-8H2,1-2H3,(H,17,21). The number of pyridine rings is 1. The van der Waals surface area contributed by atoms with E-state index in [1.54, 1.807) is 12.4 Å². The molecule has 22 heavy (non-hydrogen) atoms. The average molecular weight is 301 g/mol. The van der Waals surface area contributed by atoms with Crippen molar-refractivity contribution < 1.29 is 9.32 Å². The third-order valence-electron chi connectivity index (χ3n) is 3.79. The maximum Gasteiger partial charge on any atom is 0.237 e. The summed E-state index contributed by atoms with van der Waals surface area (Å²) in [5.41, 5.74) is 0.798. The van der Waals surface area contributed by atoms with Crippen LogP contribution in [0.2, 0.25) is 0 Å². The second kappa shape index (κ2) is 6.23. The van der Waals surface area contributed by atoms with E-state index in [0.717, 1.165) is 12.1 Å². The van der Waals surface area contributed by atoms with E-state index in [0.29, 0.717) is 24.7 Å². The minimum absolute atomic E-state index is 0.0149. The Hall–Kier alpha value is -2.28. The van der Waals surface area contributed by atoms with Crippen LogP contribution < -0.4 is 5.32 Å². The van der Waals surface area contributed by atoms with E-state index >= 15 is 0 Å². The lowest BCUT2D eigenvalue weighted by Crippen LogP contribution is -2.58. The van der Waals surface area contributed by atoms with E-state index in [2.05, 4.69) is 39.2 Å². The first kappa shape index (κ1) is 14.6. The number of piperazine rings is 1. The van der Waals surface area contributed by atoms with Crippen molar-refractivity contribution >= 4 is 5.91 Å². The van der Waals surface area contributed by atoms with Gasteiger partial charge in [-0.05, 0) is 26.0 Å². The van der Waals surface area contributed by atoms with Crippen LogP contribution in [0, 0.1) is 0 Å². The molecule has 1 unspecified atom stereocenters. The molecule has 1 fully saturated rings. The molecule has 7 nitrogen and oxygen atoms in total. The van der Waals surface area contributed by atoms with E-state index in [9.17, 15) is 4.79 Å². The van der Waals surface area contributed by atoms with Crippen molar-refractivity contribution in [2.45, 2.75) is 32.4 Å². The van der Waals surface area contributed by atoms with Crippen LogP contribution in [0.1, 0.15) is 19.7 Å². The second-order valence-corrected chi connectivity index (χ2v) is 5.60. The summed E-state index contributed by atoms with van der Waals surface area (Å²) in [5.74, 6) is 0.975. The van der Waals surface area contributed by atoms with Gasteiger partial charge in [-0.15, -0.1) is 0 Å². The molecule has 2 aromatic rings. The zero-order chi connectivity index (χ0) is 15.5. The Morgan fingerprint density at radius 2 is 2.36 bits per heavy atom. The lowest BCUT2D eigenvalue weighted by atomic mass is 10.1. The van der Waals surface area contributed by atoms with Crippen molar-refractivity contribution in [3.05, 3.63) is 30.4 Å². The van der Waals surface area contributed by atoms with Gasteiger partial charge in [0, 0.05) is 37.1 Å². The maximum absolute atomic E-state index is 12.1. The highest BCUT2D eigenvalue weighted by molar-refractivity contribution is 5.82. The van der Waals surface area contributed by atoms with Gasteiger partial charge >= 0.3 is 0 Å². The molecule has 3 rings (SSSR count). The Balaban J connectivity index is 1.77. The number of carbonyl (C=O) groups excluding carboxylic acids is 1. The molecule has 0 aliphatic carbocycles. The van der Waals surface area contributed by atoms with Gasteiger partial charge in [0.1, 0.15) is 0 Å². The van der Waals surface area contributed by atoms with Crippen LogP contribution in [-0.2, 0) is 11.2 Å². The quantitative estimate of drug-likeness (QED) is 0.902. The average Bonchev–Trinajstić information content (AvgIpc) is 2.98. The Morgan fingerprint density at radius 3 is 3.09 bits per heavy atom. The molecule has 0 aromatic carbocycles. The number of hydrogen-bond acceptors (Lipinski definition) is 6. The normalized spacial score (nSPS) is 19.4. The SMILES string of the molecule is CC(C)N1CCNC(=O)C1Cc1nc(-c2cccnc2)no1. The first-order valence-corrected chi connectivity index (χ1v) is 7.41. The molecular weight excluding hydrogens is 282 g/mol. The van der Waals surface area contributed by atoms with Gasteiger partial charge in [-0.25, -0.2) is 0 Å². The van der Waals surface area contributed by atoms with Crippen molar-refractivity contribution in [1.82, 2.24) is 25.3 Å². The van der Waals surface area contributed by atoms with Gasteiger partial charge in [-0.3, -0.25) is 14.7 Å². The zero-order valence-corrected chi connectivity index (χ0v) is 12.7. The van der Waals surface area contributed by atoms with Crippen LogP contribution in [0.4, 0.5) is 0 Å². The molecule has 0 spiro atoms. The summed E-state index contributed by atoms with van der Waals surface area (Å²) in [7, 11) is 0. The fourth-order valence-electron chi connectivity index (χ4n) is 2.68. The van der Waals surface area contributed by atoms with Crippen molar-refractivity contribution in [3.8, 4) is 11.4 Å². The summed E-state index contributed by atoms with van der Waals surface area (Å²) in [6.07, 6.45) is 3.79. The van der Waals surface area contributed by atoms with Crippen LogP contribution in [0.15, 0.2) is 29.0 Å². The smallest absolute Gasteiger partial charge is 0.237 e. The first-order valence-electron chi connectivity index (χ1n) is 7.41. The van der Waals surface area contributed by atoms with Crippen LogP contribution in [-0.4, -0.2) is 51.1 Å². The second-order valence-electron chi connectivity index (χ2n) is 5.60. The maximum atomic E-state index is 12.1. The number of nitrogens with one attached hydrogen (secondary N) is 1. The molecule has 0 radical (unpaired) electrons. The van der Waals surface area contributed by atoms with Crippen LogP contribution >= 0.6 is 0 Å². The van der Waals surface area contributed by atoms with Crippen molar-refractivity contribution in [2.24, 2.45) is 0 Å².